The SMILES string of the molecule is CCCOC1CC(n2nnc3c(Cl)nc(SCCC)nc32)[C@@H]2OC(C)(C)O[C@H]12. The number of rotatable bonds is 7. The van der Waals surface area contributed by atoms with Crippen LogP contribution in [0.15, 0.2) is 5.16 Å². The first kappa shape index (κ1) is 20.3. The van der Waals surface area contributed by atoms with Gasteiger partial charge in [-0.25, -0.2) is 14.6 Å². The Morgan fingerprint density at radius 3 is 2.75 bits per heavy atom. The van der Waals surface area contributed by atoms with Crippen LogP contribution in [0.25, 0.3) is 11.2 Å². The standard InChI is InChI=1S/C18H26ClN5O3S/c1-5-7-25-11-9-10(13-14(11)27-18(3,4)26-13)24-16-12(22-23-24)15(19)20-17(21-16)28-8-6-2/h10-11,13-14H,5-9H2,1-4H3/t10?,11?,13-,14+/m0/s1. The molecule has 0 spiro atoms. The quantitative estimate of drug-likeness (QED) is 0.376. The van der Waals surface area contributed by atoms with Crippen LogP contribution in [-0.2, 0) is 14.2 Å². The highest BCUT2D eigenvalue weighted by molar-refractivity contribution is 7.99. The zero-order chi connectivity index (χ0) is 19.9. The second kappa shape index (κ2) is 8.02. The summed E-state index contributed by atoms with van der Waals surface area (Å²) in [6.45, 7) is 8.76. The third-order valence-electron chi connectivity index (χ3n) is 4.93. The van der Waals surface area contributed by atoms with Crippen molar-refractivity contribution in [3.05, 3.63) is 5.15 Å². The first-order chi connectivity index (χ1) is 13.4. The monoisotopic (exact) mass is 427 g/mol. The molecule has 2 aromatic heterocycles. The van der Waals surface area contributed by atoms with Gasteiger partial charge < -0.3 is 14.2 Å². The molecule has 0 N–H and O–H groups in total. The fourth-order valence-corrected chi connectivity index (χ4v) is 4.79. The van der Waals surface area contributed by atoms with Crippen molar-refractivity contribution in [2.45, 2.75) is 82.3 Å². The first-order valence-corrected chi connectivity index (χ1v) is 11.2. The van der Waals surface area contributed by atoms with Gasteiger partial charge in [0.15, 0.2) is 27.3 Å². The van der Waals surface area contributed by atoms with E-state index in [4.69, 9.17) is 25.8 Å². The molecule has 1 saturated carbocycles. The molecule has 2 fully saturated rings. The van der Waals surface area contributed by atoms with Gasteiger partial charge in [0.2, 0.25) is 0 Å². The zero-order valence-electron chi connectivity index (χ0n) is 16.6. The molecule has 2 unspecified atom stereocenters. The molecule has 1 aliphatic heterocycles. The second-order valence-electron chi connectivity index (χ2n) is 7.63. The summed E-state index contributed by atoms with van der Waals surface area (Å²) in [5.74, 6) is 0.266. The molecule has 2 aliphatic rings. The minimum absolute atomic E-state index is 0.0535. The van der Waals surface area contributed by atoms with E-state index in [1.807, 2.05) is 18.5 Å². The Hall–Kier alpha value is -1.00. The largest absolute Gasteiger partial charge is 0.375 e. The maximum atomic E-state index is 6.35. The van der Waals surface area contributed by atoms with Crippen molar-refractivity contribution in [2.24, 2.45) is 0 Å². The van der Waals surface area contributed by atoms with E-state index in [1.54, 1.807) is 11.8 Å². The van der Waals surface area contributed by atoms with Crippen LogP contribution in [0.2, 0.25) is 5.15 Å². The van der Waals surface area contributed by atoms with Crippen molar-refractivity contribution >= 4 is 34.5 Å². The van der Waals surface area contributed by atoms with Gasteiger partial charge in [-0.3, -0.25) is 0 Å². The van der Waals surface area contributed by atoms with Crippen molar-refractivity contribution in [3.63, 3.8) is 0 Å². The number of nitrogens with zero attached hydrogens (tertiary/aromatic N) is 5. The van der Waals surface area contributed by atoms with Crippen LogP contribution in [0.5, 0.6) is 0 Å². The number of fused-ring (bicyclic) bond motifs is 2. The summed E-state index contributed by atoms with van der Waals surface area (Å²) in [6, 6.07) is -0.0892. The normalized spacial score (nSPS) is 28.9. The van der Waals surface area contributed by atoms with Gasteiger partial charge in [0.05, 0.1) is 12.1 Å². The van der Waals surface area contributed by atoms with Gasteiger partial charge in [0.25, 0.3) is 0 Å². The van der Waals surface area contributed by atoms with Crippen molar-refractivity contribution in [1.29, 1.82) is 0 Å². The smallest absolute Gasteiger partial charge is 0.191 e. The van der Waals surface area contributed by atoms with Crippen molar-refractivity contribution in [2.75, 3.05) is 12.4 Å². The van der Waals surface area contributed by atoms with Gasteiger partial charge in [-0.15, -0.1) is 5.10 Å². The summed E-state index contributed by atoms with van der Waals surface area (Å²) in [5.41, 5.74) is 1.14. The van der Waals surface area contributed by atoms with E-state index in [1.165, 1.54) is 0 Å². The minimum atomic E-state index is -0.660. The van der Waals surface area contributed by atoms with E-state index in [0.717, 1.165) is 25.0 Å². The summed E-state index contributed by atoms with van der Waals surface area (Å²) >= 11 is 7.93. The van der Waals surface area contributed by atoms with E-state index in [-0.39, 0.29) is 24.4 Å². The van der Waals surface area contributed by atoms with E-state index in [9.17, 15) is 0 Å². The summed E-state index contributed by atoms with van der Waals surface area (Å²) in [4.78, 5) is 9.03. The van der Waals surface area contributed by atoms with Crippen molar-refractivity contribution < 1.29 is 14.2 Å². The average Bonchev–Trinajstić information content (AvgIpc) is 3.29. The third kappa shape index (κ3) is 3.75. The number of ether oxygens (including phenoxy) is 3. The highest BCUT2D eigenvalue weighted by Crippen LogP contribution is 2.45. The van der Waals surface area contributed by atoms with E-state index in [0.29, 0.717) is 28.1 Å². The molecule has 4 rings (SSSR count). The molecule has 28 heavy (non-hydrogen) atoms. The fraction of sp³-hybridized carbons (Fsp3) is 0.778. The molecule has 8 nitrogen and oxygen atoms in total. The summed E-state index contributed by atoms with van der Waals surface area (Å²) in [5, 5.41) is 9.56. The maximum absolute atomic E-state index is 6.35. The van der Waals surface area contributed by atoms with Crippen LogP contribution >= 0.6 is 23.4 Å². The Kier molecular flexibility index (Phi) is 5.81. The van der Waals surface area contributed by atoms with Crippen LogP contribution in [-0.4, -0.2) is 61.4 Å². The molecular formula is C18H26ClN5O3S. The lowest BCUT2D eigenvalue weighted by Gasteiger charge is -2.23. The van der Waals surface area contributed by atoms with Gasteiger partial charge in [-0.1, -0.05) is 42.4 Å². The Morgan fingerprint density at radius 1 is 1.21 bits per heavy atom. The van der Waals surface area contributed by atoms with Gasteiger partial charge in [0, 0.05) is 18.8 Å². The first-order valence-electron chi connectivity index (χ1n) is 9.82. The molecule has 10 heteroatoms. The molecule has 0 aromatic carbocycles. The zero-order valence-corrected chi connectivity index (χ0v) is 18.2. The number of halogens is 1. The van der Waals surface area contributed by atoms with Crippen LogP contribution in [0, 0.1) is 0 Å². The molecule has 3 heterocycles. The Bertz CT molecular complexity index is 848. The molecule has 0 amide bonds. The fourth-order valence-electron chi connectivity index (χ4n) is 3.84. The van der Waals surface area contributed by atoms with Gasteiger partial charge in [0.1, 0.15) is 12.2 Å². The Morgan fingerprint density at radius 2 is 2.00 bits per heavy atom. The summed E-state index contributed by atoms with van der Waals surface area (Å²) in [7, 11) is 0. The molecule has 1 saturated heterocycles. The molecule has 2 aromatic rings. The molecular weight excluding hydrogens is 402 g/mol. The molecule has 0 radical (unpaired) electrons. The summed E-state index contributed by atoms with van der Waals surface area (Å²) in [6.07, 6.45) is 2.34. The maximum Gasteiger partial charge on any atom is 0.191 e. The predicted molar refractivity (Wildman–Crippen MR) is 107 cm³/mol. The molecule has 0 bridgehead atoms. The highest BCUT2D eigenvalue weighted by Gasteiger charge is 2.56. The average molecular weight is 428 g/mol. The molecule has 154 valence electrons. The van der Waals surface area contributed by atoms with E-state index >= 15 is 0 Å². The van der Waals surface area contributed by atoms with Gasteiger partial charge >= 0.3 is 0 Å². The van der Waals surface area contributed by atoms with Crippen molar-refractivity contribution in [1.82, 2.24) is 25.0 Å². The van der Waals surface area contributed by atoms with Crippen LogP contribution in [0.3, 0.4) is 0 Å². The number of thioether (sulfide) groups is 1. The number of aromatic nitrogens is 5. The lowest BCUT2D eigenvalue weighted by atomic mass is 10.2. The number of hydrogen-bond donors (Lipinski definition) is 0. The molecule has 4 atom stereocenters. The topological polar surface area (TPSA) is 84.2 Å². The lowest BCUT2D eigenvalue weighted by Crippen LogP contribution is -2.31. The third-order valence-corrected chi connectivity index (χ3v) is 6.25. The molecule has 1 aliphatic carbocycles. The Balaban J connectivity index is 1.69. The lowest BCUT2D eigenvalue weighted by molar-refractivity contribution is -0.170. The number of hydrogen-bond acceptors (Lipinski definition) is 8. The Labute approximate surface area is 173 Å². The van der Waals surface area contributed by atoms with Gasteiger partial charge in [-0.05, 0) is 26.7 Å². The van der Waals surface area contributed by atoms with E-state index < -0.39 is 5.79 Å². The van der Waals surface area contributed by atoms with E-state index in [2.05, 4.69) is 34.1 Å². The minimum Gasteiger partial charge on any atom is -0.375 e. The van der Waals surface area contributed by atoms with Crippen LogP contribution in [0.1, 0.15) is 53.0 Å². The van der Waals surface area contributed by atoms with Crippen LogP contribution in [0.4, 0.5) is 0 Å². The second-order valence-corrected chi connectivity index (χ2v) is 9.05. The van der Waals surface area contributed by atoms with Gasteiger partial charge in [-0.2, -0.15) is 0 Å². The van der Waals surface area contributed by atoms with Crippen molar-refractivity contribution in [3.8, 4) is 0 Å². The predicted octanol–water partition coefficient (Wildman–Crippen LogP) is 3.64. The highest BCUT2D eigenvalue weighted by atomic mass is 35.5. The summed E-state index contributed by atoms with van der Waals surface area (Å²) < 4.78 is 20.3. The van der Waals surface area contributed by atoms with Crippen LogP contribution < -0.4 is 0 Å².